The van der Waals surface area contributed by atoms with Crippen molar-refractivity contribution in [1.29, 1.82) is 0 Å². The molecule has 0 bridgehead atoms. The van der Waals surface area contributed by atoms with Crippen LogP contribution in [0, 0.1) is 13.8 Å². The lowest BCUT2D eigenvalue weighted by molar-refractivity contribution is -0.123. The van der Waals surface area contributed by atoms with Gasteiger partial charge in [-0.15, -0.1) is 0 Å². The van der Waals surface area contributed by atoms with E-state index in [-0.39, 0.29) is 24.1 Å². The Labute approximate surface area is 115 Å². The van der Waals surface area contributed by atoms with Gasteiger partial charge in [0.1, 0.15) is 6.54 Å². The summed E-state index contributed by atoms with van der Waals surface area (Å²) in [7, 11) is 0. The Morgan fingerprint density at radius 1 is 1.45 bits per heavy atom. The maximum atomic E-state index is 11.9. The van der Waals surface area contributed by atoms with Crippen LogP contribution >= 0.6 is 0 Å². The minimum Gasteiger partial charge on any atom is -0.351 e. The van der Waals surface area contributed by atoms with Crippen molar-refractivity contribution in [2.75, 3.05) is 13.1 Å². The molecule has 20 heavy (non-hydrogen) atoms. The molecule has 2 rings (SSSR count). The van der Waals surface area contributed by atoms with E-state index in [1.54, 1.807) is 13.8 Å². The van der Waals surface area contributed by atoms with Crippen LogP contribution in [0.2, 0.25) is 0 Å². The molecule has 2 heterocycles. The van der Waals surface area contributed by atoms with Gasteiger partial charge < -0.3 is 16.0 Å². The molecule has 0 radical (unpaired) electrons. The topological polar surface area (TPSA) is 110 Å². The van der Waals surface area contributed by atoms with Gasteiger partial charge in [0.25, 0.3) is 5.56 Å². The van der Waals surface area contributed by atoms with Gasteiger partial charge in [0.05, 0.1) is 12.4 Å². The van der Waals surface area contributed by atoms with Crippen molar-refractivity contribution in [3.63, 3.8) is 0 Å². The fourth-order valence-corrected chi connectivity index (χ4v) is 1.97. The second-order valence-electron chi connectivity index (χ2n) is 4.90. The molecule has 3 N–H and O–H groups in total. The van der Waals surface area contributed by atoms with Crippen LogP contribution < -0.4 is 16.6 Å². The minimum absolute atomic E-state index is 0.0833. The number of nitrogens with zero attached hydrogens (tertiary/aromatic N) is 3. The molecule has 0 unspecified atom stereocenters. The lowest BCUT2D eigenvalue weighted by atomic mass is 10.1. The SMILES string of the molecule is Cc1ncn(CC(=O)NC2CN(C(N)=O)C2)c(=O)c1C. The number of hydrogen-bond acceptors (Lipinski definition) is 4. The molecular formula is C12H17N5O3. The molecule has 8 nitrogen and oxygen atoms in total. The number of amides is 3. The number of aryl methyl sites for hydroxylation is 1. The molecule has 1 fully saturated rings. The zero-order chi connectivity index (χ0) is 14.9. The average molecular weight is 279 g/mol. The van der Waals surface area contributed by atoms with Crippen LogP contribution in [0.1, 0.15) is 11.3 Å². The first-order chi connectivity index (χ1) is 9.38. The second-order valence-corrected chi connectivity index (χ2v) is 4.90. The largest absolute Gasteiger partial charge is 0.351 e. The fourth-order valence-electron chi connectivity index (χ4n) is 1.97. The monoisotopic (exact) mass is 279 g/mol. The van der Waals surface area contributed by atoms with E-state index in [9.17, 15) is 14.4 Å². The highest BCUT2D eigenvalue weighted by molar-refractivity contribution is 5.77. The van der Waals surface area contributed by atoms with Crippen LogP contribution in [0.5, 0.6) is 0 Å². The second kappa shape index (κ2) is 5.32. The third kappa shape index (κ3) is 2.79. The third-order valence-electron chi connectivity index (χ3n) is 3.39. The number of nitrogens with two attached hydrogens (primary N) is 1. The van der Waals surface area contributed by atoms with Crippen molar-refractivity contribution >= 4 is 11.9 Å². The van der Waals surface area contributed by atoms with Gasteiger partial charge in [0.15, 0.2) is 0 Å². The van der Waals surface area contributed by atoms with Crippen molar-refractivity contribution in [3.8, 4) is 0 Å². The molecule has 0 atom stereocenters. The van der Waals surface area contributed by atoms with E-state index >= 15 is 0 Å². The summed E-state index contributed by atoms with van der Waals surface area (Å²) >= 11 is 0. The zero-order valence-electron chi connectivity index (χ0n) is 11.4. The predicted molar refractivity (Wildman–Crippen MR) is 71.1 cm³/mol. The molecule has 1 aliphatic heterocycles. The standard InChI is InChI=1S/C12H17N5O3/c1-7-8(2)14-6-17(11(7)19)5-10(18)15-9-3-16(4-9)12(13)20/h6,9H,3-5H2,1-2H3,(H2,13,20)(H,15,18). The number of primary amides is 1. The van der Waals surface area contributed by atoms with Gasteiger partial charge in [0, 0.05) is 24.3 Å². The number of urea groups is 1. The Balaban J connectivity index is 1.92. The summed E-state index contributed by atoms with van der Waals surface area (Å²) in [4.78, 5) is 40.0. The van der Waals surface area contributed by atoms with Crippen molar-refractivity contribution in [2.24, 2.45) is 5.73 Å². The summed E-state index contributed by atoms with van der Waals surface area (Å²) in [6, 6.07) is -0.602. The molecular weight excluding hydrogens is 262 g/mol. The van der Waals surface area contributed by atoms with Gasteiger partial charge in [-0.1, -0.05) is 0 Å². The highest BCUT2D eigenvalue weighted by Crippen LogP contribution is 2.06. The van der Waals surface area contributed by atoms with Crippen molar-refractivity contribution in [1.82, 2.24) is 19.8 Å². The fraction of sp³-hybridized carbons (Fsp3) is 0.500. The lowest BCUT2D eigenvalue weighted by Crippen LogP contribution is -2.62. The molecule has 3 amide bonds. The molecule has 1 aromatic heterocycles. The summed E-state index contributed by atoms with van der Waals surface area (Å²) in [5.74, 6) is -0.286. The minimum atomic E-state index is -0.495. The molecule has 1 aliphatic rings. The first kappa shape index (κ1) is 14.0. The Bertz CT molecular complexity index is 604. The van der Waals surface area contributed by atoms with Gasteiger partial charge in [-0.25, -0.2) is 9.78 Å². The van der Waals surface area contributed by atoms with E-state index in [0.717, 1.165) is 0 Å². The summed E-state index contributed by atoms with van der Waals surface area (Å²) in [5.41, 5.74) is 6.05. The van der Waals surface area contributed by atoms with E-state index in [0.29, 0.717) is 24.3 Å². The Kier molecular flexibility index (Phi) is 3.73. The summed E-state index contributed by atoms with van der Waals surface area (Å²) in [6.45, 7) is 4.14. The first-order valence-corrected chi connectivity index (χ1v) is 6.25. The van der Waals surface area contributed by atoms with Gasteiger partial charge in [0.2, 0.25) is 5.91 Å². The highest BCUT2D eigenvalue weighted by Gasteiger charge is 2.30. The maximum Gasteiger partial charge on any atom is 0.314 e. The number of rotatable bonds is 3. The van der Waals surface area contributed by atoms with Crippen LogP contribution in [0.25, 0.3) is 0 Å². The molecule has 0 saturated carbocycles. The van der Waals surface area contributed by atoms with Crippen molar-refractivity contribution < 1.29 is 9.59 Å². The van der Waals surface area contributed by atoms with Crippen LogP contribution in [0.3, 0.4) is 0 Å². The smallest absolute Gasteiger partial charge is 0.314 e. The Morgan fingerprint density at radius 2 is 2.10 bits per heavy atom. The molecule has 1 aromatic rings. The molecule has 108 valence electrons. The lowest BCUT2D eigenvalue weighted by Gasteiger charge is -2.38. The Morgan fingerprint density at radius 3 is 2.70 bits per heavy atom. The summed E-state index contributed by atoms with van der Waals surface area (Å²) in [5, 5.41) is 2.74. The number of nitrogens with one attached hydrogen (secondary N) is 1. The quantitative estimate of drug-likeness (QED) is 0.719. The van der Waals surface area contributed by atoms with Crippen molar-refractivity contribution in [3.05, 3.63) is 27.9 Å². The van der Waals surface area contributed by atoms with E-state index in [1.165, 1.54) is 15.8 Å². The molecule has 0 spiro atoms. The van der Waals surface area contributed by atoms with E-state index < -0.39 is 6.03 Å². The number of hydrogen-bond donors (Lipinski definition) is 2. The van der Waals surface area contributed by atoms with E-state index in [4.69, 9.17) is 5.73 Å². The zero-order valence-corrected chi connectivity index (χ0v) is 11.4. The Hall–Kier alpha value is -2.38. The van der Waals surface area contributed by atoms with Crippen LogP contribution in [0.15, 0.2) is 11.1 Å². The average Bonchev–Trinajstić information content (AvgIpc) is 2.33. The van der Waals surface area contributed by atoms with Gasteiger partial charge >= 0.3 is 6.03 Å². The first-order valence-electron chi connectivity index (χ1n) is 6.25. The normalized spacial score (nSPS) is 14.8. The number of likely N-dealkylation sites (tertiary alicyclic amines) is 1. The number of carbonyl (C=O) groups excluding carboxylic acids is 2. The van der Waals surface area contributed by atoms with E-state index in [2.05, 4.69) is 10.3 Å². The molecule has 0 aromatic carbocycles. The van der Waals surface area contributed by atoms with Crippen molar-refractivity contribution in [2.45, 2.75) is 26.4 Å². The highest BCUT2D eigenvalue weighted by atomic mass is 16.2. The number of carbonyl (C=O) groups is 2. The van der Waals surface area contributed by atoms with E-state index in [1.807, 2.05) is 0 Å². The summed E-state index contributed by atoms with van der Waals surface area (Å²) in [6.07, 6.45) is 1.36. The molecule has 0 aliphatic carbocycles. The van der Waals surface area contributed by atoms with Crippen LogP contribution in [0.4, 0.5) is 4.79 Å². The predicted octanol–water partition coefficient (Wildman–Crippen LogP) is -1.26. The molecule has 8 heteroatoms. The maximum absolute atomic E-state index is 11.9. The van der Waals surface area contributed by atoms with Gasteiger partial charge in [-0.2, -0.15) is 0 Å². The van der Waals surface area contributed by atoms with Crippen LogP contribution in [-0.2, 0) is 11.3 Å². The van der Waals surface area contributed by atoms with Crippen LogP contribution in [-0.4, -0.2) is 45.5 Å². The molecule has 1 saturated heterocycles. The van der Waals surface area contributed by atoms with Gasteiger partial charge in [-0.05, 0) is 13.8 Å². The van der Waals surface area contributed by atoms with Gasteiger partial charge in [-0.3, -0.25) is 14.2 Å². The number of aromatic nitrogens is 2. The summed E-state index contributed by atoms with van der Waals surface area (Å²) < 4.78 is 1.27. The third-order valence-corrected chi connectivity index (χ3v) is 3.39.